The van der Waals surface area contributed by atoms with Crippen LogP contribution in [0.1, 0.15) is 38.5 Å². The van der Waals surface area contributed by atoms with Gasteiger partial charge in [-0.2, -0.15) is 0 Å². The summed E-state index contributed by atoms with van der Waals surface area (Å²) in [6.45, 7) is 1.57. The summed E-state index contributed by atoms with van der Waals surface area (Å²) in [7, 11) is 1.72. The average molecular weight is 253 g/mol. The Hall–Kier alpha value is -0.450. The molecule has 0 bridgehead atoms. The zero-order chi connectivity index (χ0) is 12.6. The van der Waals surface area contributed by atoms with Gasteiger partial charge in [0.25, 0.3) is 0 Å². The number of rotatable bonds is 3. The molecule has 4 nitrogen and oxygen atoms in total. The lowest BCUT2D eigenvalue weighted by molar-refractivity contribution is -0.156. The SMILES string of the molecule is COC1CNC(C(=O)C2CCOC3(CCC3)C2)C1. The minimum atomic E-state index is 0.00942. The number of nitrogens with one attached hydrogen (secondary N) is 1. The Balaban J connectivity index is 1.59. The van der Waals surface area contributed by atoms with Crippen LogP contribution in [-0.4, -0.2) is 43.8 Å². The summed E-state index contributed by atoms with van der Waals surface area (Å²) in [5, 5.41) is 3.30. The number of methoxy groups -OCH3 is 1. The van der Waals surface area contributed by atoms with Gasteiger partial charge in [0, 0.05) is 26.2 Å². The van der Waals surface area contributed by atoms with Gasteiger partial charge in [-0.15, -0.1) is 0 Å². The molecule has 3 unspecified atom stereocenters. The van der Waals surface area contributed by atoms with Gasteiger partial charge in [-0.05, 0) is 38.5 Å². The summed E-state index contributed by atoms with van der Waals surface area (Å²) < 4.78 is 11.2. The molecule has 4 heteroatoms. The molecule has 0 amide bonds. The van der Waals surface area contributed by atoms with Crippen LogP contribution in [-0.2, 0) is 14.3 Å². The van der Waals surface area contributed by atoms with Crippen molar-refractivity contribution in [1.82, 2.24) is 5.32 Å². The third-order valence-corrected chi connectivity index (χ3v) is 4.93. The Bertz CT molecular complexity index is 327. The van der Waals surface area contributed by atoms with E-state index in [1.807, 2.05) is 0 Å². The van der Waals surface area contributed by atoms with Crippen molar-refractivity contribution in [3.63, 3.8) is 0 Å². The van der Waals surface area contributed by atoms with Gasteiger partial charge in [-0.1, -0.05) is 0 Å². The van der Waals surface area contributed by atoms with Gasteiger partial charge in [0.2, 0.25) is 0 Å². The molecule has 3 aliphatic rings. The van der Waals surface area contributed by atoms with Gasteiger partial charge < -0.3 is 14.8 Å². The number of carbonyl (C=O) groups excluding carboxylic acids is 1. The molecular weight excluding hydrogens is 230 g/mol. The fourth-order valence-electron chi connectivity index (χ4n) is 3.57. The highest BCUT2D eigenvalue weighted by Gasteiger charge is 2.45. The highest BCUT2D eigenvalue weighted by atomic mass is 16.5. The summed E-state index contributed by atoms with van der Waals surface area (Å²) in [5.74, 6) is 0.594. The minimum absolute atomic E-state index is 0.00942. The van der Waals surface area contributed by atoms with E-state index in [9.17, 15) is 4.79 Å². The lowest BCUT2D eigenvalue weighted by atomic mass is 9.70. The van der Waals surface area contributed by atoms with E-state index < -0.39 is 0 Å². The van der Waals surface area contributed by atoms with Crippen LogP contribution in [0.2, 0.25) is 0 Å². The molecule has 1 spiro atoms. The molecule has 2 aliphatic heterocycles. The van der Waals surface area contributed by atoms with Gasteiger partial charge in [0.1, 0.15) is 0 Å². The first-order valence-electron chi connectivity index (χ1n) is 7.16. The van der Waals surface area contributed by atoms with Gasteiger partial charge in [0.05, 0.1) is 17.7 Å². The molecule has 0 aromatic carbocycles. The summed E-state index contributed by atoms with van der Waals surface area (Å²) in [6.07, 6.45) is 6.44. The zero-order valence-corrected chi connectivity index (χ0v) is 11.1. The number of carbonyl (C=O) groups is 1. The van der Waals surface area contributed by atoms with E-state index in [1.54, 1.807) is 7.11 Å². The van der Waals surface area contributed by atoms with Crippen molar-refractivity contribution in [2.45, 2.75) is 56.3 Å². The number of hydrogen-bond acceptors (Lipinski definition) is 4. The van der Waals surface area contributed by atoms with E-state index in [2.05, 4.69) is 5.32 Å². The van der Waals surface area contributed by atoms with E-state index in [0.29, 0.717) is 5.78 Å². The fourth-order valence-corrected chi connectivity index (χ4v) is 3.57. The maximum Gasteiger partial charge on any atom is 0.153 e. The average Bonchev–Trinajstić information content (AvgIpc) is 2.85. The van der Waals surface area contributed by atoms with Crippen LogP contribution in [0.5, 0.6) is 0 Å². The standard InChI is InChI=1S/C14H23NO3/c1-17-11-7-12(15-9-11)13(16)10-3-6-18-14(8-10)4-2-5-14/h10-12,15H,2-9H2,1H3. The molecule has 3 atom stereocenters. The molecule has 0 aromatic rings. The molecule has 1 N–H and O–H groups in total. The Morgan fingerprint density at radius 2 is 2.28 bits per heavy atom. The maximum atomic E-state index is 12.5. The van der Waals surface area contributed by atoms with Gasteiger partial charge in [-0.3, -0.25) is 4.79 Å². The van der Waals surface area contributed by atoms with Gasteiger partial charge >= 0.3 is 0 Å². The molecule has 0 radical (unpaired) electrons. The van der Waals surface area contributed by atoms with E-state index in [4.69, 9.17) is 9.47 Å². The van der Waals surface area contributed by atoms with Crippen LogP contribution < -0.4 is 5.32 Å². The lowest BCUT2D eigenvalue weighted by Crippen LogP contribution is -2.49. The first-order valence-corrected chi connectivity index (χ1v) is 7.16. The van der Waals surface area contributed by atoms with Crippen LogP contribution in [0.4, 0.5) is 0 Å². The van der Waals surface area contributed by atoms with Crippen LogP contribution in [0.25, 0.3) is 0 Å². The molecule has 102 valence electrons. The summed E-state index contributed by atoms with van der Waals surface area (Å²) in [4.78, 5) is 12.5. The quantitative estimate of drug-likeness (QED) is 0.823. The Kier molecular flexibility index (Phi) is 3.43. The molecule has 1 saturated carbocycles. The minimum Gasteiger partial charge on any atom is -0.380 e. The third-order valence-electron chi connectivity index (χ3n) is 4.93. The van der Waals surface area contributed by atoms with Crippen molar-refractivity contribution >= 4 is 5.78 Å². The van der Waals surface area contributed by atoms with Crippen LogP contribution in [0.15, 0.2) is 0 Å². The van der Waals surface area contributed by atoms with Crippen molar-refractivity contribution in [3.8, 4) is 0 Å². The largest absolute Gasteiger partial charge is 0.380 e. The summed E-state index contributed by atoms with van der Waals surface area (Å²) in [5.41, 5.74) is 0.0673. The normalized spacial score (nSPS) is 38.6. The molecular formula is C14H23NO3. The van der Waals surface area contributed by atoms with E-state index >= 15 is 0 Å². The van der Waals surface area contributed by atoms with Crippen LogP contribution >= 0.6 is 0 Å². The topological polar surface area (TPSA) is 47.6 Å². The maximum absolute atomic E-state index is 12.5. The van der Waals surface area contributed by atoms with Gasteiger partial charge in [0.15, 0.2) is 5.78 Å². The second-order valence-electron chi connectivity index (χ2n) is 6.03. The monoisotopic (exact) mass is 253 g/mol. The smallest absolute Gasteiger partial charge is 0.153 e. The Labute approximate surface area is 108 Å². The van der Waals surface area contributed by atoms with E-state index in [-0.39, 0.29) is 23.7 Å². The molecule has 2 heterocycles. The molecule has 3 rings (SSSR count). The first-order chi connectivity index (χ1) is 8.72. The van der Waals surface area contributed by atoms with Crippen molar-refractivity contribution in [2.75, 3.05) is 20.3 Å². The molecule has 1 aliphatic carbocycles. The summed E-state index contributed by atoms with van der Waals surface area (Å²) >= 11 is 0. The van der Waals surface area contributed by atoms with E-state index in [1.165, 1.54) is 6.42 Å². The van der Waals surface area contributed by atoms with Crippen molar-refractivity contribution in [3.05, 3.63) is 0 Å². The fraction of sp³-hybridized carbons (Fsp3) is 0.929. The van der Waals surface area contributed by atoms with Crippen molar-refractivity contribution in [2.24, 2.45) is 5.92 Å². The van der Waals surface area contributed by atoms with Crippen molar-refractivity contribution in [1.29, 1.82) is 0 Å². The summed E-state index contributed by atoms with van der Waals surface area (Å²) in [6, 6.07) is 0.00942. The van der Waals surface area contributed by atoms with Gasteiger partial charge in [-0.25, -0.2) is 0 Å². The molecule has 0 aromatic heterocycles. The third kappa shape index (κ3) is 2.22. The molecule has 18 heavy (non-hydrogen) atoms. The second kappa shape index (κ2) is 4.91. The van der Waals surface area contributed by atoms with Crippen LogP contribution in [0, 0.1) is 5.92 Å². The number of Topliss-reactive ketones (excluding diaryl/α,β-unsaturated/α-hetero) is 1. The van der Waals surface area contributed by atoms with Crippen LogP contribution in [0.3, 0.4) is 0 Å². The molecule has 2 saturated heterocycles. The Morgan fingerprint density at radius 3 is 2.89 bits per heavy atom. The second-order valence-corrected chi connectivity index (χ2v) is 6.03. The predicted octanol–water partition coefficient (Wildman–Crippen LogP) is 1.28. The van der Waals surface area contributed by atoms with Crippen molar-refractivity contribution < 1.29 is 14.3 Å². The number of hydrogen-bond donors (Lipinski definition) is 1. The number of ketones is 1. The van der Waals surface area contributed by atoms with E-state index in [0.717, 1.165) is 45.3 Å². The Morgan fingerprint density at radius 1 is 1.44 bits per heavy atom. The number of ether oxygens (including phenoxy) is 2. The lowest BCUT2D eigenvalue weighted by Gasteiger charge is -2.47. The predicted molar refractivity (Wildman–Crippen MR) is 67.5 cm³/mol. The first kappa shape index (κ1) is 12.6. The highest BCUT2D eigenvalue weighted by molar-refractivity contribution is 5.86. The highest BCUT2D eigenvalue weighted by Crippen LogP contribution is 2.44. The molecule has 3 fully saturated rings. The zero-order valence-electron chi connectivity index (χ0n) is 11.1.